The van der Waals surface area contributed by atoms with Crippen molar-refractivity contribution in [1.82, 2.24) is 0 Å². The maximum atomic E-state index is 7.62. The Balaban J connectivity index is 1.07. The fourth-order valence-electron chi connectivity index (χ4n) is 14.5. The number of anilines is 6. The molecule has 0 spiro atoms. The second kappa shape index (κ2) is 20.5. The zero-order chi connectivity index (χ0) is 58.5. The maximum absolute atomic E-state index is 7.62. The van der Waals surface area contributed by atoms with Crippen LogP contribution >= 0.6 is 0 Å². The van der Waals surface area contributed by atoms with E-state index in [1.165, 1.54) is 0 Å². The van der Waals surface area contributed by atoms with E-state index in [2.05, 4.69) is 331 Å². The molecule has 0 aliphatic carbocycles. The Morgan fingerprint density at radius 2 is 0.506 bits per heavy atom. The van der Waals surface area contributed by atoms with E-state index in [4.69, 9.17) is 8.83 Å². The molecule has 0 saturated carbocycles. The van der Waals surface area contributed by atoms with Gasteiger partial charge in [-0.1, -0.05) is 255 Å². The molecule has 4 nitrogen and oxygen atoms in total. The maximum Gasteiger partial charge on any atom is 0.261 e. The number of para-hydroxylation sites is 4. The zero-order valence-corrected chi connectivity index (χ0v) is 48.4. The molecule has 18 rings (SSSR count). The lowest BCUT2D eigenvalue weighted by atomic mass is 9.33. The molecule has 16 aromatic rings. The summed E-state index contributed by atoms with van der Waals surface area (Å²) in [6.07, 6.45) is 0. The smallest absolute Gasteiger partial charge is 0.261 e. The Labute approximate surface area is 516 Å². The van der Waals surface area contributed by atoms with Crippen molar-refractivity contribution in [1.29, 1.82) is 0 Å². The van der Waals surface area contributed by atoms with Gasteiger partial charge in [-0.3, -0.25) is 0 Å². The van der Waals surface area contributed by atoms with Gasteiger partial charge in [-0.25, -0.2) is 0 Å². The monoisotopic (exact) mass is 1130 g/mol. The van der Waals surface area contributed by atoms with Crippen LogP contribution < -0.4 is 26.2 Å². The number of fused-ring (bicyclic) bond motifs is 12. The highest BCUT2D eigenvalue weighted by atomic mass is 16.3. The molecule has 0 atom stereocenters. The average molecular weight is 1130 g/mol. The van der Waals surface area contributed by atoms with Crippen LogP contribution in [0.2, 0.25) is 0 Å². The largest absolute Gasteiger partial charge is 0.456 e. The van der Waals surface area contributed by atoms with Gasteiger partial charge in [-0.15, -0.1) is 0 Å². The molecule has 2 aromatic heterocycles. The first kappa shape index (κ1) is 50.6. The van der Waals surface area contributed by atoms with Crippen molar-refractivity contribution >= 4 is 101 Å². The number of benzene rings is 14. The topological polar surface area (TPSA) is 32.8 Å². The van der Waals surface area contributed by atoms with Gasteiger partial charge in [0.1, 0.15) is 22.3 Å². The van der Waals surface area contributed by atoms with Crippen LogP contribution in [0.25, 0.3) is 122 Å². The molecule has 14 aromatic carbocycles. The molecule has 414 valence electrons. The molecule has 0 fully saturated rings. The van der Waals surface area contributed by atoms with Gasteiger partial charge in [0.25, 0.3) is 6.71 Å². The van der Waals surface area contributed by atoms with Crippen LogP contribution in [-0.2, 0) is 0 Å². The van der Waals surface area contributed by atoms with Crippen molar-refractivity contribution in [2.45, 2.75) is 0 Å². The SMILES string of the molecule is c1ccc(-c2cc(-c3ccccc3)cc(-c3cc4c5c(c3)N(c3ccccc3-c3ccccc3)c3cc(-c6ccccc6)c6c(oc7ccccc76)c3B5c3c(cc(-c5ccccc5)c5c3oc3ccccc35)N4c3ccccc3-c3ccccc3)c2)cc1. The standard InChI is InChI=1S/C84H53BN2O2/c1-7-27-54(28-8-1)60-47-61(55-29-9-2-10-30-55)49-62(48-60)63-50-72-80-73(51-63)87(71-44-24-20-40-65(71)57-33-13-4-14-34-57)75-53-69(59-37-17-6-18-38-59)79-67-42-22-26-46-77(67)89-84(79)82(75)85(80)81-74(86(72)70-43-23-19-39-64(70)56-31-11-3-12-32-56)52-68(58-35-15-5-16-36-58)78-66-41-21-25-45-76(66)88-83(78)81/h1-53H. The van der Waals surface area contributed by atoms with E-state index in [-0.39, 0.29) is 0 Å². The predicted molar refractivity (Wildman–Crippen MR) is 373 cm³/mol. The lowest BCUT2D eigenvalue weighted by Crippen LogP contribution is -2.61. The summed E-state index contributed by atoms with van der Waals surface area (Å²) in [4.78, 5) is 5.16. The van der Waals surface area contributed by atoms with Gasteiger partial charge in [0.2, 0.25) is 0 Å². The summed E-state index contributed by atoms with van der Waals surface area (Å²) in [7, 11) is 0. The molecular formula is C84H53BN2O2. The Hall–Kier alpha value is -11.7. The van der Waals surface area contributed by atoms with E-state index in [9.17, 15) is 0 Å². The van der Waals surface area contributed by atoms with Crippen molar-refractivity contribution in [2.24, 2.45) is 0 Å². The third kappa shape index (κ3) is 8.09. The number of rotatable bonds is 9. The summed E-state index contributed by atoms with van der Waals surface area (Å²) in [5.74, 6) is 0. The summed E-state index contributed by atoms with van der Waals surface area (Å²) < 4.78 is 15.2. The van der Waals surface area contributed by atoms with E-state index in [0.29, 0.717) is 0 Å². The van der Waals surface area contributed by atoms with E-state index in [1.807, 2.05) is 0 Å². The van der Waals surface area contributed by atoms with Gasteiger partial charge in [0.15, 0.2) is 0 Å². The normalized spacial score (nSPS) is 12.4. The van der Waals surface area contributed by atoms with Gasteiger partial charge in [0.05, 0.1) is 11.4 Å². The number of furan rings is 2. The molecule has 5 heteroatoms. The summed E-state index contributed by atoms with van der Waals surface area (Å²) in [5.41, 5.74) is 28.5. The Kier molecular flexibility index (Phi) is 11.7. The first-order valence-corrected chi connectivity index (χ1v) is 30.6. The van der Waals surface area contributed by atoms with Gasteiger partial charge < -0.3 is 18.6 Å². The Morgan fingerprint density at radius 1 is 0.213 bits per heavy atom. The molecule has 0 saturated heterocycles. The zero-order valence-electron chi connectivity index (χ0n) is 48.4. The average Bonchev–Trinajstić information content (AvgIpc) is 1.64. The minimum Gasteiger partial charge on any atom is -0.456 e. The van der Waals surface area contributed by atoms with Crippen LogP contribution in [0.3, 0.4) is 0 Å². The number of hydrogen-bond donors (Lipinski definition) is 0. The molecule has 89 heavy (non-hydrogen) atoms. The van der Waals surface area contributed by atoms with Crippen molar-refractivity contribution in [3.8, 4) is 77.9 Å². The summed E-state index contributed by atoms with van der Waals surface area (Å²) >= 11 is 0. The van der Waals surface area contributed by atoms with E-state index >= 15 is 0 Å². The molecule has 0 amide bonds. The molecule has 0 radical (unpaired) electrons. The Bertz CT molecular complexity index is 5100. The molecular weight excluding hydrogens is 1080 g/mol. The third-order valence-corrected chi connectivity index (χ3v) is 18.4. The molecule has 0 bridgehead atoms. The summed E-state index contributed by atoms with van der Waals surface area (Å²) in [6, 6.07) is 117. The van der Waals surface area contributed by atoms with Crippen LogP contribution in [-0.4, -0.2) is 6.71 Å². The third-order valence-electron chi connectivity index (χ3n) is 18.4. The molecule has 2 aliphatic heterocycles. The van der Waals surface area contributed by atoms with E-state index in [0.717, 1.165) is 172 Å². The van der Waals surface area contributed by atoms with Crippen LogP contribution in [0.1, 0.15) is 0 Å². The first-order valence-electron chi connectivity index (χ1n) is 30.6. The number of hydrogen-bond acceptors (Lipinski definition) is 4. The lowest BCUT2D eigenvalue weighted by molar-refractivity contribution is 0.671. The first-order chi connectivity index (χ1) is 44.2. The van der Waals surface area contributed by atoms with Gasteiger partial charge >= 0.3 is 0 Å². The van der Waals surface area contributed by atoms with Crippen LogP contribution in [0, 0.1) is 0 Å². The predicted octanol–water partition coefficient (Wildman–Crippen LogP) is 21.2. The quantitative estimate of drug-likeness (QED) is 0.135. The summed E-state index contributed by atoms with van der Waals surface area (Å²) in [6.45, 7) is -0.435. The fraction of sp³-hybridized carbons (Fsp3) is 0. The molecule has 4 heterocycles. The van der Waals surface area contributed by atoms with Gasteiger partial charge in [-0.2, -0.15) is 0 Å². The van der Waals surface area contributed by atoms with Crippen molar-refractivity contribution in [2.75, 3.05) is 9.80 Å². The van der Waals surface area contributed by atoms with Crippen molar-refractivity contribution in [3.05, 3.63) is 322 Å². The lowest BCUT2D eigenvalue weighted by Gasteiger charge is -2.45. The fourth-order valence-corrected chi connectivity index (χ4v) is 14.5. The molecule has 0 N–H and O–H groups in total. The van der Waals surface area contributed by atoms with Crippen LogP contribution in [0.5, 0.6) is 0 Å². The highest BCUT2D eigenvalue weighted by Gasteiger charge is 2.49. The van der Waals surface area contributed by atoms with E-state index < -0.39 is 6.71 Å². The minimum absolute atomic E-state index is 0.435. The highest BCUT2D eigenvalue weighted by molar-refractivity contribution is 7.03. The number of nitrogens with zero attached hydrogens (tertiary/aromatic N) is 2. The molecule has 0 unspecified atom stereocenters. The van der Waals surface area contributed by atoms with Gasteiger partial charge in [0, 0.05) is 55.4 Å². The van der Waals surface area contributed by atoms with Crippen molar-refractivity contribution in [3.63, 3.8) is 0 Å². The molecule has 2 aliphatic rings. The highest BCUT2D eigenvalue weighted by Crippen LogP contribution is 2.54. The van der Waals surface area contributed by atoms with Crippen LogP contribution in [0.15, 0.2) is 330 Å². The van der Waals surface area contributed by atoms with Gasteiger partial charge in [-0.05, 0) is 150 Å². The van der Waals surface area contributed by atoms with Crippen molar-refractivity contribution < 1.29 is 8.83 Å². The van der Waals surface area contributed by atoms with Crippen LogP contribution in [0.4, 0.5) is 34.1 Å². The minimum atomic E-state index is -0.435. The van der Waals surface area contributed by atoms with E-state index in [1.54, 1.807) is 0 Å². The second-order valence-electron chi connectivity index (χ2n) is 23.4. The summed E-state index contributed by atoms with van der Waals surface area (Å²) in [5, 5.41) is 4.29. The Morgan fingerprint density at radius 3 is 0.899 bits per heavy atom. The second-order valence-corrected chi connectivity index (χ2v) is 23.4.